The minimum absolute atomic E-state index is 0.358. The van der Waals surface area contributed by atoms with Crippen molar-refractivity contribution in [1.29, 1.82) is 0 Å². The molecule has 0 aromatic heterocycles. The highest BCUT2D eigenvalue weighted by molar-refractivity contribution is 5.81. The van der Waals surface area contributed by atoms with Gasteiger partial charge in [-0.1, -0.05) is 6.92 Å². The van der Waals surface area contributed by atoms with Crippen LogP contribution in [0.5, 0.6) is 0 Å². The Morgan fingerprint density at radius 2 is 1.93 bits per heavy atom. The summed E-state index contributed by atoms with van der Waals surface area (Å²) in [6.45, 7) is 5.95. The maximum atomic E-state index is 12.0. The summed E-state index contributed by atoms with van der Waals surface area (Å²) in [6.07, 6.45) is 3.42. The van der Waals surface area contributed by atoms with E-state index in [2.05, 4.69) is 11.8 Å². The van der Waals surface area contributed by atoms with Crippen LogP contribution in [0, 0.1) is 17.3 Å². The van der Waals surface area contributed by atoms with Crippen LogP contribution in [-0.2, 0) is 9.53 Å². The topological polar surface area (TPSA) is 29.5 Å². The van der Waals surface area contributed by atoms with Crippen LogP contribution in [-0.4, -0.2) is 37.1 Å². The van der Waals surface area contributed by atoms with Crippen LogP contribution >= 0.6 is 0 Å². The summed E-state index contributed by atoms with van der Waals surface area (Å²) in [6, 6.07) is 0. The minimum atomic E-state index is 0.358. The molecule has 15 heavy (non-hydrogen) atoms. The van der Waals surface area contributed by atoms with Gasteiger partial charge in [0.15, 0.2) is 0 Å². The lowest BCUT2D eigenvalue weighted by Crippen LogP contribution is -2.52. The molecule has 2 heterocycles. The lowest BCUT2D eigenvalue weighted by molar-refractivity contribution is -0.154. The number of nitrogens with zero attached hydrogens (tertiary/aromatic N) is 1. The predicted octanol–water partition coefficient (Wildman–Crippen LogP) is 1.28. The quantitative estimate of drug-likeness (QED) is 0.651. The van der Waals surface area contributed by atoms with Gasteiger partial charge in [0.2, 0.25) is 5.91 Å². The second kappa shape index (κ2) is 3.21. The fourth-order valence-electron chi connectivity index (χ4n) is 2.78. The molecule has 1 spiro atoms. The first-order valence-corrected chi connectivity index (χ1v) is 6.07. The van der Waals surface area contributed by atoms with E-state index in [4.69, 9.17) is 4.74 Å². The number of hydrogen-bond donors (Lipinski definition) is 0. The summed E-state index contributed by atoms with van der Waals surface area (Å²) in [7, 11) is 0. The van der Waals surface area contributed by atoms with Crippen molar-refractivity contribution >= 4 is 5.91 Å². The van der Waals surface area contributed by atoms with Gasteiger partial charge in [0.1, 0.15) is 0 Å². The molecule has 3 fully saturated rings. The third-order valence-corrected chi connectivity index (χ3v) is 4.38. The van der Waals surface area contributed by atoms with Crippen molar-refractivity contribution in [2.24, 2.45) is 17.3 Å². The molecule has 2 atom stereocenters. The van der Waals surface area contributed by atoms with E-state index in [1.807, 2.05) is 0 Å². The highest BCUT2D eigenvalue weighted by atomic mass is 16.5. The van der Waals surface area contributed by atoms with Crippen molar-refractivity contribution < 1.29 is 9.53 Å². The van der Waals surface area contributed by atoms with E-state index in [1.54, 1.807) is 0 Å². The van der Waals surface area contributed by atoms with Gasteiger partial charge >= 0.3 is 0 Å². The molecule has 1 saturated carbocycles. The van der Waals surface area contributed by atoms with E-state index in [0.717, 1.165) is 45.6 Å². The van der Waals surface area contributed by atoms with Crippen LogP contribution in [0.1, 0.15) is 26.2 Å². The van der Waals surface area contributed by atoms with Gasteiger partial charge in [-0.3, -0.25) is 4.79 Å². The molecular formula is C12H19NO2. The third kappa shape index (κ3) is 1.57. The van der Waals surface area contributed by atoms with Crippen LogP contribution in [0.4, 0.5) is 0 Å². The first-order chi connectivity index (χ1) is 7.20. The maximum absolute atomic E-state index is 12.0. The molecule has 3 rings (SSSR count). The monoisotopic (exact) mass is 209 g/mol. The number of amides is 1. The molecule has 0 unspecified atom stereocenters. The number of ether oxygens (including phenoxy) is 1. The molecular weight excluding hydrogens is 190 g/mol. The molecule has 0 radical (unpaired) electrons. The Morgan fingerprint density at radius 3 is 2.33 bits per heavy atom. The lowest BCUT2D eigenvalue weighted by atomic mass is 9.77. The highest BCUT2D eigenvalue weighted by Gasteiger charge is 2.46. The van der Waals surface area contributed by atoms with E-state index >= 15 is 0 Å². The minimum Gasteiger partial charge on any atom is -0.380 e. The molecule has 3 heteroatoms. The Kier molecular flexibility index (Phi) is 2.06. The molecule has 1 amide bonds. The second-order valence-corrected chi connectivity index (χ2v) is 5.64. The van der Waals surface area contributed by atoms with Crippen LogP contribution in [0.2, 0.25) is 0 Å². The lowest BCUT2D eigenvalue weighted by Gasteiger charge is -2.47. The largest absolute Gasteiger partial charge is 0.380 e. The molecule has 2 saturated heterocycles. The predicted molar refractivity (Wildman–Crippen MR) is 56.3 cm³/mol. The van der Waals surface area contributed by atoms with Crippen molar-refractivity contribution in [3.8, 4) is 0 Å². The van der Waals surface area contributed by atoms with Gasteiger partial charge in [-0.15, -0.1) is 0 Å². The van der Waals surface area contributed by atoms with Crippen LogP contribution < -0.4 is 0 Å². The first-order valence-electron chi connectivity index (χ1n) is 6.07. The normalized spacial score (nSPS) is 37.5. The average Bonchev–Trinajstić information content (AvgIpc) is 2.92. The number of piperidine rings is 1. The molecule has 0 N–H and O–H groups in total. The summed E-state index contributed by atoms with van der Waals surface area (Å²) in [5.41, 5.74) is 0.450. The number of carbonyl (C=O) groups excluding carboxylic acids is 1. The van der Waals surface area contributed by atoms with Gasteiger partial charge in [-0.2, -0.15) is 0 Å². The maximum Gasteiger partial charge on any atom is 0.225 e. The standard InChI is InChI=1S/C12H19NO2/c1-9-6-10(9)11(14)13-4-2-12(3-5-13)7-15-8-12/h9-10H,2-8H2,1H3/t9-,10+/m0/s1. The van der Waals surface area contributed by atoms with Gasteiger partial charge in [0.25, 0.3) is 0 Å². The van der Waals surface area contributed by atoms with Crippen LogP contribution in [0.3, 0.4) is 0 Å². The summed E-state index contributed by atoms with van der Waals surface area (Å²) >= 11 is 0. The molecule has 0 aromatic carbocycles. The fourth-order valence-corrected chi connectivity index (χ4v) is 2.78. The zero-order chi connectivity index (χ0) is 10.5. The number of rotatable bonds is 1. The fraction of sp³-hybridized carbons (Fsp3) is 0.917. The van der Waals surface area contributed by atoms with E-state index < -0.39 is 0 Å². The molecule has 1 aliphatic carbocycles. The van der Waals surface area contributed by atoms with E-state index in [-0.39, 0.29) is 0 Å². The Balaban J connectivity index is 1.55. The van der Waals surface area contributed by atoms with Crippen molar-refractivity contribution in [3.05, 3.63) is 0 Å². The van der Waals surface area contributed by atoms with Crippen LogP contribution in [0.15, 0.2) is 0 Å². The number of likely N-dealkylation sites (tertiary alicyclic amines) is 1. The van der Waals surface area contributed by atoms with Crippen molar-refractivity contribution in [2.45, 2.75) is 26.2 Å². The van der Waals surface area contributed by atoms with Gasteiger partial charge < -0.3 is 9.64 Å². The van der Waals surface area contributed by atoms with E-state index in [9.17, 15) is 4.79 Å². The molecule has 3 nitrogen and oxygen atoms in total. The van der Waals surface area contributed by atoms with Gasteiger partial charge in [0, 0.05) is 24.4 Å². The van der Waals surface area contributed by atoms with Crippen molar-refractivity contribution in [3.63, 3.8) is 0 Å². The molecule has 84 valence electrons. The highest BCUT2D eigenvalue weighted by Crippen LogP contribution is 2.42. The summed E-state index contributed by atoms with van der Waals surface area (Å²) in [5.74, 6) is 1.41. The van der Waals surface area contributed by atoms with Crippen molar-refractivity contribution in [2.75, 3.05) is 26.3 Å². The molecule has 3 aliphatic rings. The van der Waals surface area contributed by atoms with Crippen molar-refractivity contribution in [1.82, 2.24) is 4.90 Å². The van der Waals surface area contributed by atoms with Crippen LogP contribution in [0.25, 0.3) is 0 Å². The SMILES string of the molecule is C[C@H]1C[C@H]1C(=O)N1CCC2(CC1)COC2. The Bertz CT molecular complexity index is 275. The molecule has 0 bridgehead atoms. The summed E-state index contributed by atoms with van der Waals surface area (Å²) in [4.78, 5) is 14.1. The van der Waals surface area contributed by atoms with E-state index in [0.29, 0.717) is 23.2 Å². The van der Waals surface area contributed by atoms with Gasteiger partial charge in [-0.05, 0) is 25.2 Å². The third-order valence-electron chi connectivity index (χ3n) is 4.38. The number of hydrogen-bond acceptors (Lipinski definition) is 2. The smallest absolute Gasteiger partial charge is 0.225 e. The zero-order valence-corrected chi connectivity index (χ0v) is 9.37. The van der Waals surface area contributed by atoms with E-state index in [1.165, 1.54) is 0 Å². The molecule has 2 aliphatic heterocycles. The average molecular weight is 209 g/mol. The first kappa shape index (κ1) is 9.64. The summed E-state index contributed by atoms with van der Waals surface area (Å²) in [5, 5.41) is 0. The Labute approximate surface area is 90.8 Å². The Hall–Kier alpha value is -0.570. The van der Waals surface area contributed by atoms with Gasteiger partial charge in [-0.25, -0.2) is 0 Å². The van der Waals surface area contributed by atoms with Gasteiger partial charge in [0.05, 0.1) is 13.2 Å². The number of carbonyl (C=O) groups is 1. The second-order valence-electron chi connectivity index (χ2n) is 5.64. The zero-order valence-electron chi connectivity index (χ0n) is 9.37. The molecule has 0 aromatic rings. The Morgan fingerprint density at radius 1 is 1.33 bits per heavy atom. The summed E-state index contributed by atoms with van der Waals surface area (Å²) < 4.78 is 5.28.